The summed E-state index contributed by atoms with van der Waals surface area (Å²) in [6.07, 6.45) is 23.2. The average molecular weight is 688 g/mol. The van der Waals surface area contributed by atoms with Crippen LogP contribution >= 0.6 is 0 Å². The van der Waals surface area contributed by atoms with Crippen molar-refractivity contribution in [2.24, 2.45) is 5.41 Å². The van der Waals surface area contributed by atoms with Gasteiger partial charge in [0, 0.05) is 17.4 Å². The first-order chi connectivity index (χ1) is 25.6. The predicted molar refractivity (Wildman–Crippen MR) is 232 cm³/mol. The van der Waals surface area contributed by atoms with E-state index in [4.69, 9.17) is 0 Å². The van der Waals surface area contributed by atoms with Crippen LogP contribution in [-0.4, -0.2) is 19.5 Å². The van der Waals surface area contributed by atoms with Gasteiger partial charge in [0.1, 0.15) is 0 Å². The van der Waals surface area contributed by atoms with E-state index in [-0.39, 0.29) is 36.1 Å². The van der Waals surface area contributed by atoms with Gasteiger partial charge in [-0.15, -0.1) is 0 Å². The molecule has 3 atom stereocenters. The molecule has 0 aromatic heterocycles. The van der Waals surface area contributed by atoms with Crippen LogP contribution in [0.3, 0.4) is 0 Å². The lowest BCUT2D eigenvalue weighted by Gasteiger charge is -2.54. The number of fused-ring (bicyclic) bond motifs is 4. The summed E-state index contributed by atoms with van der Waals surface area (Å²) in [6.45, 7) is 14.5. The molecule has 0 radical (unpaired) electrons. The lowest BCUT2D eigenvalue weighted by Crippen LogP contribution is -2.64. The molecule has 0 bridgehead atoms. The van der Waals surface area contributed by atoms with Gasteiger partial charge in [-0.2, -0.15) is 0 Å². The van der Waals surface area contributed by atoms with Crippen LogP contribution in [0.15, 0.2) is 157 Å². The Kier molecular flexibility index (Phi) is 8.34. The quantitative estimate of drug-likeness (QED) is 0.193. The van der Waals surface area contributed by atoms with Crippen LogP contribution in [0.5, 0.6) is 0 Å². The van der Waals surface area contributed by atoms with Crippen molar-refractivity contribution in [3.8, 4) is 0 Å². The van der Waals surface area contributed by atoms with Crippen molar-refractivity contribution >= 4 is 52.3 Å². The van der Waals surface area contributed by atoms with Crippen molar-refractivity contribution in [3.63, 3.8) is 0 Å². The monoisotopic (exact) mass is 687 g/mol. The summed E-state index contributed by atoms with van der Waals surface area (Å²) in [5.41, 5.74) is 17.0. The Morgan fingerprint density at radius 1 is 0.642 bits per heavy atom. The lowest BCUT2D eigenvalue weighted by atomic mass is 9.23. The Balaban J connectivity index is 1.29. The molecule has 4 aromatic carbocycles. The van der Waals surface area contributed by atoms with E-state index in [9.17, 15) is 0 Å². The second-order valence-electron chi connectivity index (χ2n) is 18.0. The van der Waals surface area contributed by atoms with Gasteiger partial charge in [0.25, 0.3) is 0 Å². The maximum absolute atomic E-state index is 2.74. The third-order valence-corrected chi connectivity index (χ3v) is 12.6. The maximum Gasteiger partial charge on any atom is 0.221 e. The highest BCUT2D eigenvalue weighted by atomic mass is 15.2. The van der Waals surface area contributed by atoms with Crippen molar-refractivity contribution in [2.75, 3.05) is 4.90 Å². The van der Waals surface area contributed by atoms with Gasteiger partial charge in [0.15, 0.2) is 0 Å². The second kappa shape index (κ2) is 13.0. The van der Waals surface area contributed by atoms with Crippen molar-refractivity contribution in [1.82, 2.24) is 0 Å². The molecule has 0 fully saturated rings. The van der Waals surface area contributed by atoms with Crippen LogP contribution in [0, 0.1) is 5.41 Å². The van der Waals surface area contributed by atoms with Crippen molar-refractivity contribution < 1.29 is 0 Å². The van der Waals surface area contributed by atoms with Crippen molar-refractivity contribution in [2.45, 2.75) is 83.9 Å². The molecular formula is C50H51B2N. The lowest BCUT2D eigenvalue weighted by molar-refractivity contribution is 0.512. The minimum absolute atomic E-state index is 0.109. The van der Waals surface area contributed by atoms with Gasteiger partial charge in [-0.3, -0.25) is 0 Å². The Morgan fingerprint density at radius 2 is 1.40 bits per heavy atom. The summed E-state index contributed by atoms with van der Waals surface area (Å²) in [6, 6.07) is 37.7. The summed E-state index contributed by atoms with van der Waals surface area (Å²) in [4.78, 5) is 2.74. The van der Waals surface area contributed by atoms with Crippen LogP contribution in [-0.2, 0) is 5.41 Å². The number of anilines is 2. The molecule has 3 aliphatic carbocycles. The van der Waals surface area contributed by atoms with Crippen molar-refractivity contribution in [1.29, 1.82) is 0 Å². The molecule has 0 spiro atoms. The Morgan fingerprint density at radius 3 is 2.09 bits per heavy atom. The summed E-state index contributed by atoms with van der Waals surface area (Å²) in [5, 5.41) is 0. The Hall–Kier alpha value is -4.75. The highest BCUT2D eigenvalue weighted by molar-refractivity contribution is 6.90. The summed E-state index contributed by atoms with van der Waals surface area (Å²) in [5.74, 6) is 0.630. The number of benzene rings is 4. The zero-order valence-corrected chi connectivity index (χ0v) is 32.3. The molecule has 4 aromatic rings. The minimum Gasteiger partial charge on any atom is -0.336 e. The second-order valence-corrected chi connectivity index (χ2v) is 18.0. The standard InChI is InChI=1S/C50H51B2N/c1-49(2,3)38-22-26-40(27-23-38)51-42-19-13-14-20-46(42)53-47-30-21-36(34-15-9-7-10-16-34)31-43(47)52(41-28-24-39(25-29-41)50(4,5)6)45-33-37(32-44(51)48(45)53)35-17-11-8-12-18-35/h8-9,11-28,30-33,41,44,48H,7,10,29H2,1-6H3. The van der Waals surface area contributed by atoms with Crippen LogP contribution in [0.1, 0.15) is 77.5 Å². The smallest absolute Gasteiger partial charge is 0.221 e. The molecule has 9 rings (SSSR count). The maximum atomic E-state index is 2.74. The fraction of sp³-hybridized carbons (Fsp3) is 0.280. The first kappa shape index (κ1) is 34.0. The van der Waals surface area contributed by atoms with Crippen LogP contribution in [0.25, 0.3) is 11.1 Å². The van der Waals surface area contributed by atoms with Gasteiger partial charge in [0.05, 0.1) is 0 Å². The summed E-state index contributed by atoms with van der Waals surface area (Å²) >= 11 is 0. The third-order valence-electron chi connectivity index (χ3n) is 12.6. The number of para-hydroxylation sites is 1. The number of allylic oxidation sites excluding steroid dienone is 10. The molecular weight excluding hydrogens is 636 g/mol. The van der Waals surface area contributed by atoms with Crippen LogP contribution in [0.2, 0.25) is 11.6 Å². The van der Waals surface area contributed by atoms with Gasteiger partial charge in [0.2, 0.25) is 13.4 Å². The number of hydrogen-bond acceptors (Lipinski definition) is 1. The van der Waals surface area contributed by atoms with E-state index < -0.39 is 0 Å². The highest BCUT2D eigenvalue weighted by Gasteiger charge is 2.53. The number of hydrogen-bond donors (Lipinski definition) is 0. The van der Waals surface area contributed by atoms with Gasteiger partial charge in [-0.1, -0.05) is 197 Å². The van der Waals surface area contributed by atoms with Crippen LogP contribution < -0.4 is 21.3 Å². The van der Waals surface area contributed by atoms with Crippen molar-refractivity contribution in [3.05, 3.63) is 173 Å². The number of rotatable bonds is 4. The third kappa shape index (κ3) is 5.97. The first-order valence-corrected chi connectivity index (χ1v) is 19.9. The molecule has 0 N–H and O–H groups in total. The summed E-state index contributed by atoms with van der Waals surface area (Å²) in [7, 11) is 0. The van der Waals surface area contributed by atoms with E-state index in [2.05, 4.69) is 192 Å². The molecule has 3 heteroatoms. The largest absolute Gasteiger partial charge is 0.336 e. The molecule has 0 amide bonds. The molecule has 0 saturated carbocycles. The van der Waals surface area contributed by atoms with E-state index in [0.29, 0.717) is 5.82 Å². The Labute approximate surface area is 318 Å². The molecule has 1 nitrogen and oxygen atoms in total. The van der Waals surface area contributed by atoms with E-state index >= 15 is 0 Å². The molecule has 0 saturated heterocycles. The SMILES string of the molecule is CC(C)(C)C1=CCC(B2C3=CC(c4ccccc4)=CC4B(c5ccc(C(C)(C)C)cc5)c5ccccc5N(c5ccc(C6=CCCC=C6)cc52)C34)C=C1. The normalized spacial score (nSPS) is 21.9. The summed E-state index contributed by atoms with van der Waals surface area (Å²) < 4.78 is 0. The molecule has 2 aliphatic heterocycles. The fourth-order valence-corrected chi connectivity index (χ4v) is 9.84. The zero-order valence-electron chi connectivity index (χ0n) is 32.3. The molecule has 2 heterocycles. The number of nitrogens with zero attached hydrogens (tertiary/aromatic N) is 1. The molecule has 5 aliphatic rings. The zero-order chi connectivity index (χ0) is 36.5. The van der Waals surface area contributed by atoms with Gasteiger partial charge >= 0.3 is 0 Å². The molecule has 3 unspecified atom stereocenters. The van der Waals surface area contributed by atoms with E-state index in [0.717, 1.165) is 19.3 Å². The topological polar surface area (TPSA) is 3.24 Å². The first-order valence-electron chi connectivity index (χ1n) is 19.9. The highest BCUT2D eigenvalue weighted by Crippen LogP contribution is 2.51. The van der Waals surface area contributed by atoms with E-state index in [1.807, 2.05) is 0 Å². The van der Waals surface area contributed by atoms with Gasteiger partial charge < -0.3 is 4.90 Å². The van der Waals surface area contributed by atoms with Gasteiger partial charge in [-0.05, 0) is 87.3 Å². The fourth-order valence-electron chi connectivity index (χ4n) is 9.84. The van der Waals surface area contributed by atoms with E-state index in [1.165, 1.54) is 61.2 Å². The van der Waals surface area contributed by atoms with Crippen LogP contribution in [0.4, 0.5) is 11.4 Å². The molecule has 262 valence electrons. The average Bonchev–Trinajstić information content (AvgIpc) is 3.17. The Bertz CT molecular complexity index is 2250. The molecule has 53 heavy (non-hydrogen) atoms. The minimum atomic E-state index is 0.109. The van der Waals surface area contributed by atoms with E-state index in [1.54, 1.807) is 5.47 Å². The van der Waals surface area contributed by atoms with Gasteiger partial charge in [-0.25, -0.2) is 0 Å². The predicted octanol–water partition coefficient (Wildman–Crippen LogP) is 10.8.